The minimum atomic E-state index is -0.0858. The van der Waals surface area contributed by atoms with E-state index in [9.17, 15) is 0 Å². The zero-order valence-corrected chi connectivity index (χ0v) is 20.3. The van der Waals surface area contributed by atoms with Gasteiger partial charge in [0.2, 0.25) is 0 Å². The molecule has 0 aliphatic heterocycles. The van der Waals surface area contributed by atoms with E-state index in [0.29, 0.717) is 0 Å². The highest BCUT2D eigenvalue weighted by molar-refractivity contribution is 6.06. The van der Waals surface area contributed by atoms with Crippen molar-refractivity contribution >= 4 is 39.0 Å². The fraction of sp³-hybridized carbons (Fsp3) is 0.0909. The second-order valence-corrected chi connectivity index (χ2v) is 10.2. The summed E-state index contributed by atoms with van der Waals surface area (Å²) >= 11 is 0. The molecule has 7 rings (SSSR count). The van der Waals surface area contributed by atoms with Crippen molar-refractivity contribution in [1.82, 2.24) is 0 Å². The van der Waals surface area contributed by atoms with E-state index in [1.54, 1.807) is 0 Å². The van der Waals surface area contributed by atoms with Crippen molar-refractivity contribution in [2.75, 3.05) is 11.1 Å². The van der Waals surface area contributed by atoms with E-state index < -0.39 is 0 Å². The molecule has 0 unspecified atom stereocenters. The standard InChI is InChI=1S/C33H26N2O/c1-33(2)29-18-22(34)10-14-25(29)26-15-13-24(19-30(26)33)35-23-11-7-20(8-12-23)21-9-16-32-28(17-21)27-5-3-4-6-31(27)36-32/h3-19,35H,34H2,1-2H3. The van der Waals surface area contributed by atoms with Crippen LogP contribution in [0.2, 0.25) is 0 Å². The lowest BCUT2D eigenvalue weighted by Crippen LogP contribution is -2.15. The Kier molecular flexibility index (Phi) is 4.34. The molecule has 0 saturated heterocycles. The molecule has 5 aromatic carbocycles. The summed E-state index contributed by atoms with van der Waals surface area (Å²) in [5.74, 6) is 0. The topological polar surface area (TPSA) is 51.2 Å². The van der Waals surface area contributed by atoms with Gasteiger partial charge in [0.15, 0.2) is 0 Å². The molecule has 0 fully saturated rings. The number of para-hydroxylation sites is 1. The van der Waals surface area contributed by atoms with Crippen molar-refractivity contribution in [3.05, 3.63) is 114 Å². The molecule has 1 aliphatic rings. The van der Waals surface area contributed by atoms with Crippen molar-refractivity contribution in [3.8, 4) is 22.3 Å². The first-order chi connectivity index (χ1) is 17.5. The molecule has 3 N–H and O–H groups in total. The van der Waals surface area contributed by atoms with E-state index in [1.807, 2.05) is 18.2 Å². The van der Waals surface area contributed by atoms with Crippen LogP contribution >= 0.6 is 0 Å². The number of nitrogens with two attached hydrogens (primary N) is 1. The number of nitrogen functional groups attached to an aromatic ring is 1. The van der Waals surface area contributed by atoms with Gasteiger partial charge in [-0.15, -0.1) is 0 Å². The number of hydrogen-bond acceptors (Lipinski definition) is 3. The Labute approximate surface area is 210 Å². The predicted molar refractivity (Wildman–Crippen MR) is 151 cm³/mol. The molecule has 1 aromatic heterocycles. The maximum Gasteiger partial charge on any atom is 0.135 e. The molecule has 0 saturated carbocycles. The minimum Gasteiger partial charge on any atom is -0.456 e. The van der Waals surface area contributed by atoms with Crippen LogP contribution in [0.5, 0.6) is 0 Å². The largest absolute Gasteiger partial charge is 0.456 e. The average molecular weight is 467 g/mol. The van der Waals surface area contributed by atoms with Crippen LogP contribution in [-0.2, 0) is 5.41 Å². The maximum atomic E-state index is 6.10. The van der Waals surface area contributed by atoms with Gasteiger partial charge in [-0.25, -0.2) is 0 Å². The molecular weight excluding hydrogens is 440 g/mol. The summed E-state index contributed by atoms with van der Waals surface area (Å²) in [4.78, 5) is 0. The molecule has 0 spiro atoms. The third-order valence-electron chi connectivity index (χ3n) is 7.58. The average Bonchev–Trinajstić information content (AvgIpc) is 3.36. The first kappa shape index (κ1) is 20.8. The first-order valence-electron chi connectivity index (χ1n) is 12.3. The van der Waals surface area contributed by atoms with Gasteiger partial charge in [0.25, 0.3) is 0 Å². The first-order valence-corrected chi connectivity index (χ1v) is 12.3. The summed E-state index contributed by atoms with van der Waals surface area (Å²) in [7, 11) is 0. The van der Waals surface area contributed by atoms with Gasteiger partial charge in [-0.1, -0.05) is 62.4 Å². The molecule has 3 heteroatoms. The highest BCUT2D eigenvalue weighted by atomic mass is 16.3. The molecular formula is C33H26N2O. The molecule has 0 atom stereocenters. The van der Waals surface area contributed by atoms with Gasteiger partial charge >= 0.3 is 0 Å². The SMILES string of the molecule is CC1(C)c2cc(N)ccc2-c2ccc(Nc3ccc(-c4ccc5oc6ccccc6c5c4)cc3)cc21. The summed E-state index contributed by atoms with van der Waals surface area (Å²) < 4.78 is 5.99. The van der Waals surface area contributed by atoms with Crippen molar-refractivity contribution in [3.63, 3.8) is 0 Å². The second kappa shape index (κ2) is 7.50. The summed E-state index contributed by atoms with van der Waals surface area (Å²) in [6, 6.07) is 36.1. The minimum absolute atomic E-state index is 0.0858. The van der Waals surface area contributed by atoms with Gasteiger partial charge in [0.1, 0.15) is 11.2 Å². The van der Waals surface area contributed by atoms with Crippen LogP contribution in [0.25, 0.3) is 44.2 Å². The Hall–Kier alpha value is -4.50. The number of furan rings is 1. The Bertz CT molecular complexity index is 1790. The molecule has 0 amide bonds. The van der Waals surface area contributed by atoms with Crippen LogP contribution in [0, 0.1) is 0 Å². The lowest BCUT2D eigenvalue weighted by atomic mass is 9.82. The zero-order valence-electron chi connectivity index (χ0n) is 20.3. The number of anilines is 3. The molecule has 3 nitrogen and oxygen atoms in total. The number of rotatable bonds is 3. The van der Waals surface area contributed by atoms with Crippen molar-refractivity contribution in [2.45, 2.75) is 19.3 Å². The molecule has 36 heavy (non-hydrogen) atoms. The van der Waals surface area contributed by atoms with Crippen molar-refractivity contribution in [1.29, 1.82) is 0 Å². The fourth-order valence-corrected chi connectivity index (χ4v) is 5.65. The zero-order chi connectivity index (χ0) is 24.4. The Morgan fingerprint density at radius 1 is 0.611 bits per heavy atom. The van der Waals surface area contributed by atoms with E-state index in [-0.39, 0.29) is 5.41 Å². The molecule has 174 valence electrons. The monoisotopic (exact) mass is 466 g/mol. The normalized spacial score (nSPS) is 13.6. The number of hydrogen-bond donors (Lipinski definition) is 2. The third kappa shape index (κ3) is 3.13. The van der Waals surface area contributed by atoms with Gasteiger partial charge in [-0.05, 0) is 88.0 Å². The summed E-state index contributed by atoms with van der Waals surface area (Å²) in [5.41, 5.74) is 18.4. The summed E-state index contributed by atoms with van der Waals surface area (Å²) in [5, 5.41) is 5.90. The van der Waals surface area contributed by atoms with Crippen LogP contribution in [0.15, 0.2) is 108 Å². The highest BCUT2D eigenvalue weighted by Crippen LogP contribution is 2.50. The lowest BCUT2D eigenvalue weighted by molar-refractivity contribution is 0.661. The quantitative estimate of drug-likeness (QED) is 0.256. The fourth-order valence-electron chi connectivity index (χ4n) is 5.65. The number of nitrogens with one attached hydrogen (secondary N) is 1. The second-order valence-electron chi connectivity index (χ2n) is 10.2. The molecule has 0 radical (unpaired) electrons. The highest BCUT2D eigenvalue weighted by Gasteiger charge is 2.35. The van der Waals surface area contributed by atoms with Crippen molar-refractivity contribution < 1.29 is 4.42 Å². The number of benzene rings is 5. The van der Waals surface area contributed by atoms with Crippen LogP contribution in [0.1, 0.15) is 25.0 Å². The van der Waals surface area contributed by atoms with Crippen LogP contribution < -0.4 is 11.1 Å². The van der Waals surface area contributed by atoms with Crippen LogP contribution in [0.3, 0.4) is 0 Å². The molecule has 0 bridgehead atoms. The van der Waals surface area contributed by atoms with E-state index in [4.69, 9.17) is 10.2 Å². The van der Waals surface area contributed by atoms with E-state index >= 15 is 0 Å². The van der Waals surface area contributed by atoms with E-state index in [0.717, 1.165) is 39.0 Å². The summed E-state index contributed by atoms with van der Waals surface area (Å²) in [6.07, 6.45) is 0. The third-order valence-corrected chi connectivity index (χ3v) is 7.58. The number of fused-ring (bicyclic) bond motifs is 6. The lowest BCUT2D eigenvalue weighted by Gasteiger charge is -2.22. The van der Waals surface area contributed by atoms with Gasteiger partial charge < -0.3 is 15.5 Å². The maximum absolute atomic E-state index is 6.10. The Morgan fingerprint density at radius 3 is 2.11 bits per heavy atom. The van der Waals surface area contributed by atoms with E-state index in [1.165, 1.54) is 33.4 Å². The van der Waals surface area contributed by atoms with Gasteiger partial charge in [-0.3, -0.25) is 0 Å². The summed E-state index contributed by atoms with van der Waals surface area (Å²) in [6.45, 7) is 4.55. The Balaban J connectivity index is 1.18. The molecule has 1 aliphatic carbocycles. The van der Waals surface area contributed by atoms with Crippen LogP contribution in [0.4, 0.5) is 17.1 Å². The smallest absolute Gasteiger partial charge is 0.135 e. The van der Waals surface area contributed by atoms with Gasteiger partial charge in [0.05, 0.1) is 0 Å². The van der Waals surface area contributed by atoms with Gasteiger partial charge in [-0.2, -0.15) is 0 Å². The molecule has 6 aromatic rings. The molecule has 1 heterocycles. The Morgan fingerprint density at radius 2 is 1.28 bits per heavy atom. The van der Waals surface area contributed by atoms with E-state index in [2.05, 4.69) is 104 Å². The van der Waals surface area contributed by atoms with Crippen LogP contribution in [-0.4, -0.2) is 0 Å². The van der Waals surface area contributed by atoms with Gasteiger partial charge in [0, 0.05) is 33.2 Å². The van der Waals surface area contributed by atoms with Crippen molar-refractivity contribution in [2.24, 2.45) is 0 Å². The predicted octanol–water partition coefficient (Wildman–Crippen LogP) is 8.89.